The fourth-order valence-electron chi connectivity index (χ4n) is 3.30. The van der Waals surface area contributed by atoms with Crippen molar-refractivity contribution in [1.29, 1.82) is 0 Å². The van der Waals surface area contributed by atoms with E-state index in [-0.39, 0.29) is 11.9 Å². The van der Waals surface area contributed by atoms with Gasteiger partial charge >= 0.3 is 0 Å². The summed E-state index contributed by atoms with van der Waals surface area (Å²) in [5.41, 5.74) is 0. The number of hydrogen-bond donors (Lipinski definition) is 2. The van der Waals surface area contributed by atoms with Crippen molar-refractivity contribution < 1.29 is 4.79 Å². The summed E-state index contributed by atoms with van der Waals surface area (Å²) in [5.74, 6) is 0.124. The number of likely N-dealkylation sites (N-methyl/N-ethyl adjacent to an activating group) is 1. The molecule has 2 bridgehead atoms. The Balaban J connectivity index is 1.83. The average molecular weight is 239 g/mol. The lowest BCUT2D eigenvalue weighted by molar-refractivity contribution is -0.123. The highest BCUT2D eigenvalue weighted by molar-refractivity contribution is 5.81. The van der Waals surface area contributed by atoms with E-state index in [1.165, 1.54) is 25.7 Å². The molecule has 2 N–H and O–H groups in total. The van der Waals surface area contributed by atoms with E-state index in [0.717, 1.165) is 12.1 Å². The van der Waals surface area contributed by atoms with Crippen LogP contribution in [0.5, 0.6) is 0 Å². The first-order chi connectivity index (χ1) is 8.11. The molecule has 4 heteroatoms. The lowest BCUT2D eigenvalue weighted by atomic mass is 9.97. The van der Waals surface area contributed by atoms with Crippen molar-refractivity contribution in [2.45, 2.75) is 63.7 Å². The number of nitrogens with zero attached hydrogens (tertiary/aromatic N) is 1. The molecule has 0 aromatic heterocycles. The van der Waals surface area contributed by atoms with Crippen LogP contribution in [-0.2, 0) is 4.79 Å². The number of piperidine rings is 1. The zero-order chi connectivity index (χ0) is 12.4. The Labute approximate surface area is 104 Å². The van der Waals surface area contributed by atoms with Crippen LogP contribution in [0.4, 0.5) is 0 Å². The first-order valence-electron chi connectivity index (χ1n) is 6.87. The van der Waals surface area contributed by atoms with E-state index >= 15 is 0 Å². The number of nitrogens with one attached hydrogen (secondary N) is 2. The second-order valence-corrected chi connectivity index (χ2v) is 5.50. The zero-order valence-electron chi connectivity index (χ0n) is 11.2. The molecule has 2 saturated heterocycles. The van der Waals surface area contributed by atoms with Crippen LogP contribution < -0.4 is 10.6 Å². The predicted molar refractivity (Wildman–Crippen MR) is 68.9 cm³/mol. The van der Waals surface area contributed by atoms with Crippen molar-refractivity contribution in [2.75, 3.05) is 13.6 Å². The molecule has 2 fully saturated rings. The molecule has 0 aromatic rings. The molecule has 2 aliphatic heterocycles. The topological polar surface area (TPSA) is 44.4 Å². The maximum Gasteiger partial charge on any atom is 0.236 e. The fourth-order valence-corrected chi connectivity index (χ4v) is 3.30. The van der Waals surface area contributed by atoms with Gasteiger partial charge in [-0.3, -0.25) is 4.79 Å². The number of carbonyl (C=O) groups is 1. The molecule has 3 atom stereocenters. The normalized spacial score (nSPS) is 34.6. The third-order valence-electron chi connectivity index (χ3n) is 4.33. The lowest BCUT2D eigenvalue weighted by Gasteiger charge is -2.37. The zero-order valence-corrected chi connectivity index (χ0v) is 11.2. The summed E-state index contributed by atoms with van der Waals surface area (Å²) in [4.78, 5) is 14.2. The van der Waals surface area contributed by atoms with Crippen LogP contribution in [0, 0.1) is 0 Å². The SMILES string of the molecule is CCNC(=O)C(C)NC1CC2CCC(C1)N2C. The van der Waals surface area contributed by atoms with E-state index in [1.807, 2.05) is 13.8 Å². The Morgan fingerprint density at radius 2 is 1.94 bits per heavy atom. The van der Waals surface area contributed by atoms with Crippen LogP contribution in [0.1, 0.15) is 39.5 Å². The van der Waals surface area contributed by atoms with Gasteiger partial charge < -0.3 is 15.5 Å². The molecule has 1 amide bonds. The van der Waals surface area contributed by atoms with Crippen LogP contribution in [0.2, 0.25) is 0 Å². The van der Waals surface area contributed by atoms with Gasteiger partial charge in [0.2, 0.25) is 5.91 Å². The minimum absolute atomic E-state index is 0.0669. The van der Waals surface area contributed by atoms with Crippen LogP contribution in [-0.4, -0.2) is 48.6 Å². The Hall–Kier alpha value is -0.610. The number of amides is 1. The van der Waals surface area contributed by atoms with Crippen LogP contribution in [0.25, 0.3) is 0 Å². The fraction of sp³-hybridized carbons (Fsp3) is 0.923. The molecule has 0 aromatic carbocycles. The van der Waals surface area contributed by atoms with E-state index in [1.54, 1.807) is 0 Å². The van der Waals surface area contributed by atoms with Crippen LogP contribution in [0.15, 0.2) is 0 Å². The molecule has 0 radical (unpaired) electrons. The summed E-state index contributed by atoms with van der Waals surface area (Å²) in [6, 6.07) is 1.91. The van der Waals surface area contributed by atoms with E-state index in [9.17, 15) is 4.79 Å². The summed E-state index contributed by atoms with van der Waals surface area (Å²) in [6.45, 7) is 4.63. The number of hydrogen-bond acceptors (Lipinski definition) is 3. The summed E-state index contributed by atoms with van der Waals surface area (Å²) in [5, 5.41) is 6.36. The molecule has 17 heavy (non-hydrogen) atoms. The molecule has 4 nitrogen and oxygen atoms in total. The maximum atomic E-state index is 11.7. The molecule has 2 heterocycles. The van der Waals surface area contributed by atoms with Gasteiger partial charge in [0.05, 0.1) is 6.04 Å². The van der Waals surface area contributed by atoms with Gasteiger partial charge in [0, 0.05) is 24.7 Å². The van der Waals surface area contributed by atoms with E-state index in [4.69, 9.17) is 0 Å². The van der Waals surface area contributed by atoms with Crippen molar-refractivity contribution in [3.63, 3.8) is 0 Å². The molecule has 0 saturated carbocycles. The summed E-state index contributed by atoms with van der Waals surface area (Å²) >= 11 is 0. The van der Waals surface area contributed by atoms with Crippen LogP contribution in [0.3, 0.4) is 0 Å². The van der Waals surface area contributed by atoms with Crippen molar-refractivity contribution in [3.8, 4) is 0 Å². The predicted octanol–water partition coefficient (Wildman–Crippen LogP) is 0.726. The highest BCUT2D eigenvalue weighted by Gasteiger charge is 2.38. The average Bonchev–Trinajstić information content (AvgIpc) is 2.53. The second-order valence-electron chi connectivity index (χ2n) is 5.50. The molecule has 2 aliphatic rings. The van der Waals surface area contributed by atoms with Gasteiger partial charge in [0.25, 0.3) is 0 Å². The maximum absolute atomic E-state index is 11.7. The number of rotatable bonds is 4. The summed E-state index contributed by atoms with van der Waals surface area (Å²) < 4.78 is 0. The van der Waals surface area contributed by atoms with E-state index < -0.39 is 0 Å². The minimum Gasteiger partial charge on any atom is -0.355 e. The van der Waals surface area contributed by atoms with Crippen molar-refractivity contribution in [2.24, 2.45) is 0 Å². The molecule has 0 aliphatic carbocycles. The third-order valence-corrected chi connectivity index (χ3v) is 4.33. The van der Waals surface area contributed by atoms with Gasteiger partial charge in [-0.2, -0.15) is 0 Å². The van der Waals surface area contributed by atoms with E-state index in [0.29, 0.717) is 12.6 Å². The number of fused-ring (bicyclic) bond motifs is 2. The van der Waals surface area contributed by atoms with E-state index in [2.05, 4.69) is 22.6 Å². The first kappa shape index (κ1) is 12.8. The Kier molecular flexibility index (Phi) is 4.05. The second kappa shape index (κ2) is 5.36. The quantitative estimate of drug-likeness (QED) is 0.760. The highest BCUT2D eigenvalue weighted by Crippen LogP contribution is 2.34. The van der Waals surface area contributed by atoms with Crippen molar-refractivity contribution >= 4 is 5.91 Å². The molecule has 0 spiro atoms. The standard InChI is InChI=1S/C13H25N3O/c1-4-14-13(17)9(2)15-10-7-11-5-6-12(8-10)16(11)3/h9-12,15H,4-8H2,1-3H3,(H,14,17). The summed E-state index contributed by atoms with van der Waals surface area (Å²) in [6.07, 6.45) is 5.04. The van der Waals surface area contributed by atoms with Crippen LogP contribution >= 0.6 is 0 Å². The largest absolute Gasteiger partial charge is 0.355 e. The van der Waals surface area contributed by atoms with Gasteiger partial charge in [-0.15, -0.1) is 0 Å². The van der Waals surface area contributed by atoms with Gasteiger partial charge in [-0.25, -0.2) is 0 Å². The minimum atomic E-state index is -0.0669. The first-order valence-corrected chi connectivity index (χ1v) is 6.87. The molecular formula is C13H25N3O. The van der Waals surface area contributed by atoms with Gasteiger partial charge in [-0.05, 0) is 46.6 Å². The van der Waals surface area contributed by atoms with Gasteiger partial charge in [-0.1, -0.05) is 0 Å². The molecule has 98 valence electrons. The van der Waals surface area contributed by atoms with Gasteiger partial charge in [0.1, 0.15) is 0 Å². The van der Waals surface area contributed by atoms with Gasteiger partial charge in [0.15, 0.2) is 0 Å². The lowest BCUT2D eigenvalue weighted by Crippen LogP contribution is -2.52. The summed E-state index contributed by atoms with van der Waals surface area (Å²) in [7, 11) is 2.24. The third kappa shape index (κ3) is 2.80. The smallest absolute Gasteiger partial charge is 0.236 e. The Morgan fingerprint density at radius 3 is 2.47 bits per heavy atom. The molecular weight excluding hydrogens is 214 g/mol. The Bertz CT molecular complexity index is 268. The monoisotopic (exact) mass is 239 g/mol. The highest BCUT2D eigenvalue weighted by atomic mass is 16.2. The Morgan fingerprint density at radius 1 is 1.35 bits per heavy atom. The molecule has 2 rings (SSSR count). The number of carbonyl (C=O) groups excluding carboxylic acids is 1. The molecule has 3 unspecified atom stereocenters. The van der Waals surface area contributed by atoms with Crippen molar-refractivity contribution in [1.82, 2.24) is 15.5 Å². The van der Waals surface area contributed by atoms with Crippen molar-refractivity contribution in [3.05, 3.63) is 0 Å².